The number of rotatable bonds is 6. The first-order valence-corrected chi connectivity index (χ1v) is 13.8. The van der Waals surface area contributed by atoms with Crippen molar-refractivity contribution in [1.82, 2.24) is 9.97 Å². The molecule has 0 aliphatic rings. The lowest BCUT2D eigenvalue weighted by Gasteiger charge is -2.09. The Balaban J connectivity index is 1.89. The molecule has 13 heteroatoms. The number of sulfone groups is 1. The van der Waals surface area contributed by atoms with Gasteiger partial charge < -0.3 is 0 Å². The molecule has 182 valence electrons. The zero-order valence-electron chi connectivity index (χ0n) is 17.7. The van der Waals surface area contributed by atoms with E-state index in [1.807, 2.05) is 0 Å². The van der Waals surface area contributed by atoms with Gasteiger partial charge in [0.15, 0.2) is 14.0 Å². The summed E-state index contributed by atoms with van der Waals surface area (Å²) in [5.74, 6) is 0. The van der Waals surface area contributed by atoms with Crippen LogP contribution in [0.2, 0.25) is 0 Å². The number of halogens is 3. The number of thiophene rings is 1. The van der Waals surface area contributed by atoms with Gasteiger partial charge in [0.1, 0.15) is 6.33 Å². The molecule has 0 N–H and O–H groups in total. The first kappa shape index (κ1) is 25.0. The zero-order chi connectivity index (χ0) is 25.4. The van der Waals surface area contributed by atoms with Crippen LogP contribution in [0.5, 0.6) is 0 Å². The molecule has 0 saturated heterocycles. The fraction of sp³-hybridized carbons (Fsp3) is 0.0909. The van der Waals surface area contributed by atoms with E-state index >= 15 is 0 Å². The molecule has 35 heavy (non-hydrogen) atoms. The van der Waals surface area contributed by atoms with E-state index in [0.29, 0.717) is 32.9 Å². The maximum atomic E-state index is 12.8. The SMILES string of the molecule is CS(=O)(=O)c1ccc(-c2ccccc2-c2cc(-c3ccncn3)c(S(=O)(=O)OC(F)(F)F)s2)cc1. The van der Waals surface area contributed by atoms with E-state index in [2.05, 4.69) is 14.2 Å². The summed E-state index contributed by atoms with van der Waals surface area (Å²) in [7, 11) is -8.63. The van der Waals surface area contributed by atoms with Gasteiger partial charge in [-0.15, -0.1) is 24.5 Å². The molecule has 0 amide bonds. The van der Waals surface area contributed by atoms with Crippen LogP contribution in [-0.2, 0) is 24.1 Å². The van der Waals surface area contributed by atoms with E-state index in [1.165, 1.54) is 30.5 Å². The number of aromatic nitrogens is 2. The minimum atomic E-state index is -5.41. The predicted molar refractivity (Wildman–Crippen MR) is 124 cm³/mol. The van der Waals surface area contributed by atoms with Crippen molar-refractivity contribution in [2.45, 2.75) is 15.5 Å². The zero-order valence-corrected chi connectivity index (χ0v) is 20.2. The first-order valence-electron chi connectivity index (χ1n) is 9.68. The normalized spacial score (nSPS) is 12.6. The second-order valence-corrected chi connectivity index (χ2v) is 12.0. The minimum Gasteiger partial charge on any atom is -0.245 e. The van der Waals surface area contributed by atoms with E-state index in [0.717, 1.165) is 12.6 Å². The molecule has 0 radical (unpaired) electrons. The average Bonchev–Trinajstić information content (AvgIpc) is 3.24. The molecule has 0 aliphatic carbocycles. The van der Waals surface area contributed by atoms with Crippen LogP contribution >= 0.6 is 11.3 Å². The van der Waals surface area contributed by atoms with E-state index in [-0.39, 0.29) is 16.2 Å². The third-order valence-electron chi connectivity index (χ3n) is 4.77. The molecule has 0 spiro atoms. The van der Waals surface area contributed by atoms with Crippen LogP contribution in [0.3, 0.4) is 0 Å². The maximum Gasteiger partial charge on any atom is 0.537 e. The second kappa shape index (κ2) is 9.15. The van der Waals surface area contributed by atoms with Gasteiger partial charge in [0.05, 0.1) is 10.6 Å². The van der Waals surface area contributed by atoms with Crippen molar-refractivity contribution in [3.8, 4) is 32.8 Å². The lowest BCUT2D eigenvalue weighted by molar-refractivity contribution is -0.271. The van der Waals surface area contributed by atoms with Crippen molar-refractivity contribution in [3.05, 3.63) is 73.2 Å². The predicted octanol–water partition coefficient (Wildman–Crippen LogP) is 5.17. The van der Waals surface area contributed by atoms with E-state index in [9.17, 15) is 30.0 Å². The van der Waals surface area contributed by atoms with Crippen molar-refractivity contribution < 1.29 is 34.2 Å². The molecule has 0 fully saturated rings. The monoisotopic (exact) mass is 540 g/mol. The number of benzene rings is 2. The lowest BCUT2D eigenvalue weighted by atomic mass is 9.98. The van der Waals surface area contributed by atoms with Crippen LogP contribution in [0.4, 0.5) is 13.2 Å². The number of hydrogen-bond donors (Lipinski definition) is 0. The fourth-order valence-electron chi connectivity index (χ4n) is 3.31. The fourth-order valence-corrected chi connectivity index (χ4v) is 6.42. The summed E-state index contributed by atoms with van der Waals surface area (Å²) in [4.78, 5) is 8.19. The molecule has 0 saturated carbocycles. The van der Waals surface area contributed by atoms with Gasteiger partial charge in [0, 0.05) is 22.9 Å². The van der Waals surface area contributed by atoms with Crippen molar-refractivity contribution >= 4 is 31.3 Å². The second-order valence-electron chi connectivity index (χ2n) is 7.23. The van der Waals surface area contributed by atoms with Crippen LogP contribution in [0, 0.1) is 0 Å². The molecule has 7 nitrogen and oxygen atoms in total. The highest BCUT2D eigenvalue weighted by molar-refractivity contribution is 7.90. The Hall–Kier alpha value is -3.13. The Bertz CT molecular complexity index is 1580. The third-order valence-corrected chi connectivity index (χ3v) is 8.81. The molecule has 0 atom stereocenters. The van der Waals surface area contributed by atoms with Crippen LogP contribution in [0.25, 0.3) is 32.8 Å². The van der Waals surface area contributed by atoms with Crippen molar-refractivity contribution in [1.29, 1.82) is 0 Å². The van der Waals surface area contributed by atoms with Gasteiger partial charge in [-0.25, -0.2) is 18.4 Å². The first-order chi connectivity index (χ1) is 16.4. The molecule has 2 heterocycles. The van der Waals surface area contributed by atoms with Gasteiger partial charge in [-0.05, 0) is 41.0 Å². The van der Waals surface area contributed by atoms with Gasteiger partial charge in [0.25, 0.3) is 0 Å². The van der Waals surface area contributed by atoms with E-state index in [4.69, 9.17) is 0 Å². The van der Waals surface area contributed by atoms with E-state index < -0.39 is 30.5 Å². The number of alkyl halides is 3. The molecule has 0 unspecified atom stereocenters. The van der Waals surface area contributed by atoms with Crippen LogP contribution in [0.15, 0.2) is 82.3 Å². The van der Waals surface area contributed by atoms with Crippen molar-refractivity contribution in [2.75, 3.05) is 6.26 Å². The Labute approximate surface area is 202 Å². The summed E-state index contributed by atoms with van der Waals surface area (Å²) in [6.07, 6.45) is -1.85. The highest BCUT2D eigenvalue weighted by Gasteiger charge is 2.40. The van der Waals surface area contributed by atoms with Gasteiger partial charge in [0.2, 0.25) is 0 Å². The summed E-state index contributed by atoms with van der Waals surface area (Å²) >= 11 is 0.602. The van der Waals surface area contributed by atoms with Crippen LogP contribution in [-0.4, -0.2) is 39.4 Å². The van der Waals surface area contributed by atoms with E-state index in [1.54, 1.807) is 36.4 Å². The smallest absolute Gasteiger partial charge is 0.245 e. The topological polar surface area (TPSA) is 103 Å². The van der Waals surface area contributed by atoms with Gasteiger partial charge in [-0.2, -0.15) is 12.6 Å². The van der Waals surface area contributed by atoms with Gasteiger partial charge in [-0.3, -0.25) is 0 Å². The maximum absolute atomic E-state index is 12.8. The number of hydrogen-bond acceptors (Lipinski definition) is 8. The highest BCUT2D eigenvalue weighted by atomic mass is 32.3. The van der Waals surface area contributed by atoms with Crippen LogP contribution < -0.4 is 0 Å². The Morgan fingerprint density at radius 1 is 0.886 bits per heavy atom. The third kappa shape index (κ3) is 5.59. The van der Waals surface area contributed by atoms with Crippen molar-refractivity contribution in [3.63, 3.8) is 0 Å². The van der Waals surface area contributed by atoms with Crippen molar-refractivity contribution in [2.24, 2.45) is 0 Å². The van der Waals surface area contributed by atoms with Crippen LogP contribution in [0.1, 0.15) is 0 Å². The van der Waals surface area contributed by atoms with Gasteiger partial charge >= 0.3 is 16.5 Å². The minimum absolute atomic E-state index is 0.0705. The molecule has 2 aromatic heterocycles. The molecule has 4 aromatic rings. The molecule has 0 bridgehead atoms. The summed E-state index contributed by atoms with van der Waals surface area (Å²) in [6, 6.07) is 15.7. The Kier molecular flexibility index (Phi) is 6.53. The standard InChI is InChI=1S/C22H15F3N2O5S3/c1-34(28,29)15-8-6-14(7-9-15)16-4-2-3-5-17(16)20-12-18(19-10-11-26-13-27-19)21(33-20)35(30,31)32-22(23,24)25/h2-13H,1H3. The molecular formula is C22H15F3N2O5S3. The molecule has 2 aromatic carbocycles. The lowest BCUT2D eigenvalue weighted by Crippen LogP contribution is -2.19. The molecular weight excluding hydrogens is 525 g/mol. The summed E-state index contributed by atoms with van der Waals surface area (Å²) in [6.45, 7) is 0. The highest BCUT2D eigenvalue weighted by Crippen LogP contribution is 2.44. The summed E-state index contributed by atoms with van der Waals surface area (Å²) in [5.41, 5.74) is 1.79. The Morgan fingerprint density at radius 2 is 1.54 bits per heavy atom. The number of nitrogens with zero attached hydrogens (tertiary/aromatic N) is 2. The Morgan fingerprint density at radius 3 is 2.11 bits per heavy atom. The summed E-state index contributed by atoms with van der Waals surface area (Å²) in [5, 5.41) is 0. The largest absolute Gasteiger partial charge is 0.537 e. The van der Waals surface area contributed by atoms with Gasteiger partial charge in [-0.1, -0.05) is 36.4 Å². The molecule has 0 aliphatic heterocycles. The molecule has 4 rings (SSSR count). The average molecular weight is 541 g/mol. The quantitative estimate of drug-likeness (QED) is 0.311. The summed E-state index contributed by atoms with van der Waals surface area (Å²) < 4.78 is 90.0.